The molecule has 1 fully saturated rings. The van der Waals surface area contributed by atoms with Crippen molar-refractivity contribution in [3.63, 3.8) is 0 Å². The van der Waals surface area contributed by atoms with E-state index in [1.54, 1.807) is 22.8 Å². The molecule has 1 saturated carbocycles. The number of fused-ring (bicyclic) bond motifs is 9. The number of rotatable bonds is 2. The van der Waals surface area contributed by atoms with Crippen molar-refractivity contribution in [2.75, 3.05) is 6.98 Å². The first-order valence-electron chi connectivity index (χ1n) is 11.8. The standard InChI is InChI=1S/C24H17F4N3O2/c1-30-18-10-17(20-14(22(30)32)3-2-4-19(20)33-23(25)26)31-16-9-12(5-7-13-11-24(13,27)28)6-8-15(16)29-21(18)31/h2-4,6,8-9,13,17-18,23H,10-11H2,1H3/t13?,17-,18-/m1/s1/i1D3. The number of aromatic nitrogens is 2. The van der Waals surface area contributed by atoms with Crippen LogP contribution in [0.4, 0.5) is 17.6 Å². The van der Waals surface area contributed by atoms with E-state index in [2.05, 4.69) is 16.8 Å². The van der Waals surface area contributed by atoms with Gasteiger partial charge in [-0.15, -0.1) is 0 Å². The number of nitrogens with zero attached hydrogens (tertiary/aromatic N) is 3. The maximum Gasteiger partial charge on any atom is 0.387 e. The fourth-order valence-electron chi connectivity index (χ4n) is 4.73. The van der Waals surface area contributed by atoms with Crippen LogP contribution < -0.4 is 4.74 Å². The second-order valence-corrected chi connectivity index (χ2v) is 8.37. The first-order valence-corrected chi connectivity index (χ1v) is 10.3. The van der Waals surface area contributed by atoms with Gasteiger partial charge in [0.25, 0.3) is 11.8 Å². The van der Waals surface area contributed by atoms with Crippen molar-refractivity contribution in [2.24, 2.45) is 5.92 Å². The Morgan fingerprint density at radius 1 is 1.27 bits per heavy atom. The summed E-state index contributed by atoms with van der Waals surface area (Å²) in [5.74, 6) is 0.780. The molecule has 33 heavy (non-hydrogen) atoms. The first-order chi connectivity index (χ1) is 17.0. The summed E-state index contributed by atoms with van der Waals surface area (Å²) in [6, 6.07) is 7.28. The zero-order valence-electron chi connectivity index (χ0n) is 19.9. The molecule has 2 bridgehead atoms. The summed E-state index contributed by atoms with van der Waals surface area (Å²) in [6.07, 6.45) is -0.194. The molecule has 1 amide bonds. The van der Waals surface area contributed by atoms with Gasteiger partial charge in [-0.2, -0.15) is 8.78 Å². The Labute approximate surface area is 190 Å². The van der Waals surface area contributed by atoms with Crippen LogP contribution in [0.3, 0.4) is 0 Å². The average molecular weight is 458 g/mol. The molecule has 168 valence electrons. The van der Waals surface area contributed by atoms with Crippen molar-refractivity contribution < 1.29 is 31.2 Å². The van der Waals surface area contributed by atoms with Crippen molar-refractivity contribution in [3.05, 3.63) is 58.9 Å². The molecule has 5 nitrogen and oxygen atoms in total. The molecule has 2 aromatic carbocycles. The van der Waals surface area contributed by atoms with Crippen LogP contribution >= 0.6 is 0 Å². The third kappa shape index (κ3) is 3.00. The molecule has 1 aliphatic carbocycles. The van der Waals surface area contributed by atoms with E-state index in [0.717, 1.165) is 4.90 Å². The molecular formula is C24H17F4N3O2. The number of imidazole rings is 1. The smallest absolute Gasteiger partial charge is 0.387 e. The zero-order valence-corrected chi connectivity index (χ0v) is 16.9. The minimum Gasteiger partial charge on any atom is -0.434 e. The van der Waals surface area contributed by atoms with Crippen molar-refractivity contribution >= 4 is 16.9 Å². The number of amides is 1. The van der Waals surface area contributed by atoms with E-state index < -0.39 is 43.4 Å². The predicted octanol–water partition coefficient (Wildman–Crippen LogP) is 4.76. The summed E-state index contributed by atoms with van der Waals surface area (Å²) in [5.41, 5.74) is 1.54. The fraction of sp³-hybridized carbons (Fsp3) is 0.333. The van der Waals surface area contributed by atoms with Crippen LogP contribution in [0.15, 0.2) is 36.4 Å². The van der Waals surface area contributed by atoms with Crippen LogP contribution in [0.5, 0.6) is 5.75 Å². The highest BCUT2D eigenvalue weighted by Crippen LogP contribution is 2.50. The number of halogens is 4. The van der Waals surface area contributed by atoms with Crippen molar-refractivity contribution in [2.45, 2.75) is 37.5 Å². The van der Waals surface area contributed by atoms with Gasteiger partial charge >= 0.3 is 6.61 Å². The Morgan fingerprint density at radius 3 is 2.82 bits per heavy atom. The lowest BCUT2D eigenvalue weighted by Crippen LogP contribution is -2.30. The number of hydrogen-bond donors (Lipinski definition) is 0. The van der Waals surface area contributed by atoms with Gasteiger partial charge in [-0.3, -0.25) is 4.79 Å². The Bertz CT molecular complexity index is 1490. The van der Waals surface area contributed by atoms with Gasteiger partial charge in [0.1, 0.15) is 11.6 Å². The second-order valence-electron chi connectivity index (χ2n) is 8.37. The SMILES string of the molecule is [2H]C([2H])([2H])N1C(=O)c2cccc(OC(F)F)c2[C@H]2C[C@@H]1c1nc3ccc(C#CC4CC4(F)F)cc3n12. The zero-order chi connectivity index (χ0) is 25.6. The molecule has 3 atom stereocenters. The van der Waals surface area contributed by atoms with Gasteiger partial charge in [0.2, 0.25) is 0 Å². The molecule has 0 saturated heterocycles. The summed E-state index contributed by atoms with van der Waals surface area (Å²) >= 11 is 0. The molecule has 9 heteroatoms. The van der Waals surface area contributed by atoms with E-state index in [1.807, 2.05) is 0 Å². The third-order valence-electron chi connectivity index (χ3n) is 6.37. The Hall–Kier alpha value is -3.54. The number of carbonyl (C=O) groups is 1. The van der Waals surface area contributed by atoms with Gasteiger partial charge in [0.05, 0.1) is 29.0 Å². The molecule has 0 N–H and O–H groups in total. The number of carbonyl (C=O) groups excluding carboxylic acids is 1. The van der Waals surface area contributed by atoms with E-state index in [-0.39, 0.29) is 35.5 Å². The largest absolute Gasteiger partial charge is 0.434 e. The highest BCUT2D eigenvalue weighted by atomic mass is 19.3. The summed E-state index contributed by atoms with van der Waals surface area (Å²) in [5, 5.41) is 0. The Balaban J connectivity index is 1.56. The van der Waals surface area contributed by atoms with Crippen LogP contribution in [0, 0.1) is 17.8 Å². The topological polar surface area (TPSA) is 47.4 Å². The number of benzene rings is 2. The maximum absolute atomic E-state index is 13.4. The van der Waals surface area contributed by atoms with Crippen LogP contribution in [0.2, 0.25) is 0 Å². The number of alkyl halides is 4. The summed E-state index contributed by atoms with van der Waals surface area (Å²) in [4.78, 5) is 18.7. The molecule has 0 spiro atoms. The van der Waals surface area contributed by atoms with Crippen LogP contribution in [0.25, 0.3) is 11.0 Å². The molecule has 2 aliphatic heterocycles. The lowest BCUT2D eigenvalue weighted by molar-refractivity contribution is -0.0507. The van der Waals surface area contributed by atoms with Crippen molar-refractivity contribution in [3.8, 4) is 17.6 Å². The van der Waals surface area contributed by atoms with Crippen molar-refractivity contribution in [1.29, 1.82) is 0 Å². The summed E-state index contributed by atoms with van der Waals surface area (Å²) < 4.78 is 83.5. The Kier molecular flexibility index (Phi) is 3.47. The van der Waals surface area contributed by atoms with E-state index in [1.165, 1.54) is 18.2 Å². The van der Waals surface area contributed by atoms with Crippen LogP contribution in [0.1, 0.15) is 56.3 Å². The normalized spacial score (nSPS) is 26.0. The van der Waals surface area contributed by atoms with E-state index >= 15 is 0 Å². The maximum atomic E-state index is 13.4. The summed E-state index contributed by atoms with van der Waals surface area (Å²) in [6.45, 7) is -5.99. The lowest BCUT2D eigenvalue weighted by atomic mass is 9.97. The third-order valence-corrected chi connectivity index (χ3v) is 6.37. The lowest BCUT2D eigenvalue weighted by Gasteiger charge is -2.24. The second kappa shape index (κ2) is 6.73. The van der Waals surface area contributed by atoms with E-state index in [0.29, 0.717) is 16.6 Å². The predicted molar refractivity (Wildman–Crippen MR) is 110 cm³/mol. The molecule has 6 rings (SSSR count). The molecule has 3 aromatic rings. The number of hydrogen-bond acceptors (Lipinski definition) is 3. The molecule has 3 heterocycles. The molecule has 3 aliphatic rings. The van der Waals surface area contributed by atoms with E-state index in [4.69, 9.17) is 8.85 Å². The minimum absolute atomic E-state index is 0.0452. The highest BCUT2D eigenvalue weighted by molar-refractivity contribution is 5.97. The van der Waals surface area contributed by atoms with Gasteiger partial charge in [-0.25, -0.2) is 13.8 Å². The number of ether oxygens (including phenoxy) is 1. The van der Waals surface area contributed by atoms with Crippen molar-refractivity contribution in [1.82, 2.24) is 14.5 Å². The minimum atomic E-state index is -3.16. The van der Waals surface area contributed by atoms with Gasteiger partial charge in [0, 0.05) is 40.6 Å². The van der Waals surface area contributed by atoms with Gasteiger partial charge in [0.15, 0.2) is 0 Å². The van der Waals surface area contributed by atoms with Crippen LogP contribution in [-0.2, 0) is 0 Å². The highest BCUT2D eigenvalue weighted by Gasteiger charge is 2.56. The fourth-order valence-corrected chi connectivity index (χ4v) is 4.73. The van der Waals surface area contributed by atoms with Gasteiger partial charge in [-0.05, 0) is 30.3 Å². The monoisotopic (exact) mass is 458 g/mol. The molecule has 1 unspecified atom stereocenters. The average Bonchev–Trinajstić information content (AvgIpc) is 3.10. The van der Waals surface area contributed by atoms with Gasteiger partial charge < -0.3 is 14.2 Å². The first kappa shape index (κ1) is 17.0. The molecule has 1 aromatic heterocycles. The molecular weight excluding hydrogens is 438 g/mol. The van der Waals surface area contributed by atoms with E-state index in [9.17, 15) is 22.4 Å². The quantitative estimate of drug-likeness (QED) is 0.411. The van der Waals surface area contributed by atoms with Crippen LogP contribution in [-0.4, -0.2) is 39.9 Å². The summed E-state index contributed by atoms with van der Waals surface area (Å²) in [7, 11) is 0. The van der Waals surface area contributed by atoms with Gasteiger partial charge in [-0.1, -0.05) is 17.9 Å². The Morgan fingerprint density at radius 2 is 2.09 bits per heavy atom. The molecule has 0 radical (unpaired) electrons.